The Morgan fingerprint density at radius 3 is 2.17 bits per heavy atom. The molecule has 3 aromatic rings. The molecule has 0 saturated heterocycles. The average Bonchev–Trinajstić information content (AvgIpc) is 3.57. The second-order valence-corrected chi connectivity index (χ2v) is 15.8. The van der Waals surface area contributed by atoms with E-state index in [1.807, 2.05) is 55.7 Å². The molecule has 0 aliphatic rings. The predicted octanol–water partition coefficient (Wildman–Crippen LogP) is 1.44. The molecule has 0 spiro atoms. The Bertz CT molecular complexity index is 1910. The molecule has 0 saturated carbocycles. The Morgan fingerprint density at radius 2 is 1.55 bits per heavy atom. The average molecular weight is 832 g/mol. The molecule has 0 aliphatic carbocycles. The third-order valence-electron chi connectivity index (χ3n) is 8.88. The van der Waals surface area contributed by atoms with E-state index in [0.717, 1.165) is 23.8 Å². The lowest BCUT2D eigenvalue weighted by Gasteiger charge is -2.41. The zero-order valence-electron chi connectivity index (χ0n) is 32.5. The number of hydrogen-bond acceptors (Lipinski definition) is 10. The molecule has 316 valence electrons. The van der Waals surface area contributed by atoms with Gasteiger partial charge in [-0.1, -0.05) is 51.1 Å². The fraction of sp³-hybridized carbons (Fsp3) is 0.436. The summed E-state index contributed by atoms with van der Waals surface area (Å²) in [5, 5.41) is 34.3. The maximum absolute atomic E-state index is 15.0. The van der Waals surface area contributed by atoms with Crippen LogP contribution in [0.3, 0.4) is 0 Å². The number of thioether (sulfide) groups is 1. The molecule has 1 unspecified atom stereocenters. The number of aromatic nitrogens is 1. The summed E-state index contributed by atoms with van der Waals surface area (Å²) < 4.78 is 31.2. The molecule has 1 aromatic heterocycles. The SMILES string of the molecule is CC(C)(C)[C@@H](c1cc(-c2cc(F)ccc2F)cn1Cc1ccccc1)N(CC[C@H](N)C(=O)NCCNC(=O)CNC(=O)CC(SC[C@H](N)C(=O)O)C(=O)O)C(=O)CO. The summed E-state index contributed by atoms with van der Waals surface area (Å²) in [4.78, 5) is 74.6. The van der Waals surface area contributed by atoms with Crippen LogP contribution in [0.4, 0.5) is 8.78 Å². The van der Waals surface area contributed by atoms with E-state index in [0.29, 0.717) is 29.6 Å². The van der Waals surface area contributed by atoms with E-state index in [9.17, 15) is 43.4 Å². The van der Waals surface area contributed by atoms with Gasteiger partial charge in [0.15, 0.2) is 0 Å². The van der Waals surface area contributed by atoms with Crippen LogP contribution in [-0.2, 0) is 35.3 Å². The highest BCUT2D eigenvalue weighted by Crippen LogP contribution is 2.41. The minimum atomic E-state index is -1.35. The second kappa shape index (κ2) is 22.0. The van der Waals surface area contributed by atoms with Gasteiger partial charge in [-0.25, -0.2) is 8.78 Å². The van der Waals surface area contributed by atoms with Crippen LogP contribution < -0.4 is 27.4 Å². The van der Waals surface area contributed by atoms with Gasteiger partial charge in [0.2, 0.25) is 23.6 Å². The number of carbonyl (C=O) groups excluding carboxylic acids is 4. The van der Waals surface area contributed by atoms with Gasteiger partial charge in [0.05, 0.1) is 18.6 Å². The molecule has 0 bridgehead atoms. The minimum absolute atomic E-state index is 0.0288. The van der Waals surface area contributed by atoms with Crippen molar-refractivity contribution in [1.82, 2.24) is 25.4 Å². The molecule has 2 aromatic carbocycles. The molecule has 4 amide bonds. The number of aliphatic hydroxyl groups is 1. The first-order valence-corrected chi connectivity index (χ1v) is 19.4. The predicted molar refractivity (Wildman–Crippen MR) is 212 cm³/mol. The summed E-state index contributed by atoms with van der Waals surface area (Å²) in [6.45, 7) is 4.47. The number of aliphatic hydroxyl groups excluding tert-OH is 1. The minimum Gasteiger partial charge on any atom is -0.480 e. The van der Waals surface area contributed by atoms with Gasteiger partial charge < -0.3 is 52.2 Å². The van der Waals surface area contributed by atoms with E-state index in [-0.39, 0.29) is 37.4 Å². The highest BCUT2D eigenvalue weighted by atomic mass is 32.2. The maximum atomic E-state index is 15.0. The van der Waals surface area contributed by atoms with E-state index in [4.69, 9.17) is 16.6 Å². The van der Waals surface area contributed by atoms with Crippen LogP contribution in [0.1, 0.15) is 50.9 Å². The van der Waals surface area contributed by atoms with Gasteiger partial charge in [-0.05, 0) is 41.7 Å². The van der Waals surface area contributed by atoms with Crippen LogP contribution in [0.15, 0.2) is 60.8 Å². The van der Waals surface area contributed by atoms with Crippen LogP contribution >= 0.6 is 11.8 Å². The van der Waals surface area contributed by atoms with Crippen molar-refractivity contribution in [3.05, 3.63) is 83.7 Å². The lowest BCUT2D eigenvalue weighted by molar-refractivity contribution is -0.140. The highest BCUT2D eigenvalue weighted by Gasteiger charge is 2.37. The van der Waals surface area contributed by atoms with Gasteiger partial charge in [0.1, 0.15) is 29.5 Å². The van der Waals surface area contributed by atoms with Crippen molar-refractivity contribution in [2.75, 3.05) is 38.5 Å². The Kier molecular flexibility index (Phi) is 17.8. The van der Waals surface area contributed by atoms with Crippen LogP contribution in [-0.4, -0.2) is 116 Å². The smallest absolute Gasteiger partial charge is 0.321 e. The number of aliphatic carboxylic acids is 2. The molecule has 16 nitrogen and oxygen atoms in total. The number of nitrogens with zero attached hydrogens (tertiary/aromatic N) is 2. The molecule has 10 N–H and O–H groups in total. The first-order chi connectivity index (χ1) is 27.3. The number of amides is 4. The van der Waals surface area contributed by atoms with Gasteiger partial charge in [0, 0.05) is 61.4 Å². The van der Waals surface area contributed by atoms with Gasteiger partial charge in [0.25, 0.3) is 0 Å². The number of carboxylic acid groups (broad SMARTS) is 2. The molecule has 4 atom stereocenters. The third kappa shape index (κ3) is 14.2. The number of benzene rings is 2. The topological polar surface area (TPSA) is 259 Å². The number of nitrogens with one attached hydrogen (secondary N) is 3. The normalized spacial score (nSPS) is 13.4. The number of nitrogens with two attached hydrogens (primary N) is 2. The third-order valence-corrected chi connectivity index (χ3v) is 10.2. The van der Waals surface area contributed by atoms with Crippen molar-refractivity contribution >= 4 is 47.3 Å². The van der Waals surface area contributed by atoms with E-state index >= 15 is 4.39 Å². The molecular weight excluding hydrogens is 781 g/mol. The van der Waals surface area contributed by atoms with Crippen molar-refractivity contribution in [3.63, 3.8) is 0 Å². The van der Waals surface area contributed by atoms with Gasteiger partial charge in [-0.3, -0.25) is 28.8 Å². The van der Waals surface area contributed by atoms with Crippen molar-refractivity contribution in [2.24, 2.45) is 16.9 Å². The Hall–Kier alpha value is -5.37. The van der Waals surface area contributed by atoms with Gasteiger partial charge in [-0.15, -0.1) is 11.8 Å². The fourth-order valence-corrected chi connectivity index (χ4v) is 7.01. The summed E-state index contributed by atoms with van der Waals surface area (Å²) >= 11 is 0.690. The number of halogens is 2. The van der Waals surface area contributed by atoms with E-state index in [1.54, 1.807) is 12.3 Å². The largest absolute Gasteiger partial charge is 0.480 e. The zero-order valence-corrected chi connectivity index (χ0v) is 33.3. The van der Waals surface area contributed by atoms with Crippen LogP contribution in [0.25, 0.3) is 11.1 Å². The molecule has 19 heteroatoms. The monoisotopic (exact) mass is 831 g/mol. The summed E-state index contributed by atoms with van der Waals surface area (Å²) in [6, 6.07) is 11.1. The first-order valence-electron chi connectivity index (χ1n) is 18.3. The molecule has 0 radical (unpaired) electrons. The van der Waals surface area contributed by atoms with E-state index in [2.05, 4.69) is 16.0 Å². The Labute approximate surface area is 338 Å². The van der Waals surface area contributed by atoms with Crippen molar-refractivity contribution in [2.45, 2.75) is 63.5 Å². The van der Waals surface area contributed by atoms with Crippen molar-refractivity contribution in [1.29, 1.82) is 0 Å². The summed E-state index contributed by atoms with van der Waals surface area (Å²) in [5.74, 6) is -6.79. The lowest BCUT2D eigenvalue weighted by Crippen LogP contribution is -2.48. The number of hydrogen-bond donors (Lipinski definition) is 8. The number of carboxylic acids is 2. The van der Waals surface area contributed by atoms with Crippen molar-refractivity contribution < 1.29 is 52.9 Å². The fourth-order valence-electron chi connectivity index (χ4n) is 6.02. The molecule has 0 fully saturated rings. The first kappa shape index (κ1) is 47.0. The zero-order chi connectivity index (χ0) is 43.2. The van der Waals surface area contributed by atoms with Crippen molar-refractivity contribution in [3.8, 4) is 11.1 Å². The number of carbonyl (C=O) groups is 6. The number of rotatable bonds is 22. The molecular formula is C39H51F2N7O9S. The summed E-state index contributed by atoms with van der Waals surface area (Å²) in [5.41, 5.74) is 12.8. The van der Waals surface area contributed by atoms with E-state index in [1.165, 1.54) is 4.90 Å². The Morgan fingerprint density at radius 1 is 0.879 bits per heavy atom. The molecule has 1 heterocycles. The van der Waals surface area contributed by atoms with Crippen LogP contribution in [0.5, 0.6) is 0 Å². The standard InChI is InChI=1S/C39H51F2N7O9S/c1-39(2,3)35(30-15-24(26-16-25(40)9-10-27(26)41)20-47(30)19-23-7-5-4-6-8-23)48(34(52)21-49)14-11-28(42)36(53)45-13-12-44-33(51)18-46-32(50)17-31(38(56)57)58-22-29(43)37(54)55/h4-10,15-16,20,28-29,31,35,49H,11-14,17-19,21-22,42-43H2,1-3H3,(H,44,51)(H,45,53)(H,46,50)(H,54,55)(H,56,57)/t28-,29-,31?,35+/m0/s1. The Balaban J connectivity index is 1.64. The molecule has 58 heavy (non-hydrogen) atoms. The molecule has 3 rings (SSSR count). The van der Waals surface area contributed by atoms with E-state index < -0.39 is 95.6 Å². The summed E-state index contributed by atoms with van der Waals surface area (Å²) in [6.07, 6.45) is 1.12. The molecule has 0 aliphatic heterocycles. The quantitative estimate of drug-likeness (QED) is 0.0670. The van der Waals surface area contributed by atoms with Gasteiger partial charge in [-0.2, -0.15) is 0 Å². The second-order valence-electron chi connectivity index (χ2n) is 14.5. The van der Waals surface area contributed by atoms with Crippen LogP contribution in [0, 0.1) is 17.0 Å². The van der Waals surface area contributed by atoms with Gasteiger partial charge >= 0.3 is 11.9 Å². The summed E-state index contributed by atoms with van der Waals surface area (Å²) in [7, 11) is 0. The maximum Gasteiger partial charge on any atom is 0.321 e. The van der Waals surface area contributed by atoms with Crippen LogP contribution in [0.2, 0.25) is 0 Å². The lowest BCUT2D eigenvalue weighted by atomic mass is 9.82. The highest BCUT2D eigenvalue weighted by molar-refractivity contribution is 8.00.